The van der Waals surface area contributed by atoms with Crippen molar-refractivity contribution < 1.29 is 9.53 Å². The van der Waals surface area contributed by atoms with Crippen LogP contribution in [0.2, 0.25) is 0 Å². The van der Waals surface area contributed by atoms with Crippen LogP contribution in [-0.4, -0.2) is 29.1 Å². The molecule has 0 spiro atoms. The number of esters is 1. The molecule has 0 saturated carbocycles. The fourth-order valence-electron chi connectivity index (χ4n) is 3.62. The molecular formula is C16H21NO2. The van der Waals surface area contributed by atoms with Crippen molar-refractivity contribution in [1.82, 2.24) is 4.90 Å². The molecule has 102 valence electrons. The molecule has 1 aromatic carbocycles. The summed E-state index contributed by atoms with van der Waals surface area (Å²) < 4.78 is 5.51. The van der Waals surface area contributed by atoms with Gasteiger partial charge in [0.15, 0.2) is 0 Å². The predicted molar refractivity (Wildman–Crippen MR) is 73.6 cm³/mol. The minimum Gasteiger partial charge on any atom is -0.461 e. The van der Waals surface area contributed by atoms with Crippen molar-refractivity contribution in [2.75, 3.05) is 0 Å². The monoisotopic (exact) mass is 259 g/mol. The highest BCUT2D eigenvalue weighted by molar-refractivity contribution is 5.66. The first-order chi connectivity index (χ1) is 9.24. The predicted octanol–water partition coefficient (Wildman–Crippen LogP) is 2.75. The normalized spacial score (nSPS) is 30.3. The summed E-state index contributed by atoms with van der Waals surface area (Å²) in [7, 11) is 0. The second-order valence-electron chi connectivity index (χ2n) is 5.68. The lowest BCUT2D eigenvalue weighted by Gasteiger charge is -2.39. The van der Waals surface area contributed by atoms with Crippen LogP contribution in [0, 0.1) is 0 Å². The van der Waals surface area contributed by atoms with E-state index >= 15 is 0 Å². The Balaban J connectivity index is 1.72. The van der Waals surface area contributed by atoms with E-state index in [0.29, 0.717) is 12.1 Å². The van der Waals surface area contributed by atoms with Crippen LogP contribution >= 0.6 is 0 Å². The van der Waals surface area contributed by atoms with Crippen LogP contribution in [0.1, 0.15) is 38.2 Å². The molecule has 2 saturated heterocycles. The summed E-state index contributed by atoms with van der Waals surface area (Å²) >= 11 is 0. The Morgan fingerprint density at radius 2 is 1.95 bits per heavy atom. The Hall–Kier alpha value is -1.35. The van der Waals surface area contributed by atoms with Crippen LogP contribution < -0.4 is 0 Å². The fraction of sp³-hybridized carbons (Fsp3) is 0.562. The average molecular weight is 259 g/mol. The third-order valence-corrected chi connectivity index (χ3v) is 4.43. The van der Waals surface area contributed by atoms with Gasteiger partial charge in [-0.2, -0.15) is 0 Å². The van der Waals surface area contributed by atoms with Crippen LogP contribution in [0.25, 0.3) is 0 Å². The number of fused-ring (bicyclic) bond motifs is 2. The lowest BCUT2D eigenvalue weighted by atomic mass is 9.98. The molecule has 0 amide bonds. The highest BCUT2D eigenvalue weighted by Crippen LogP contribution is 2.38. The summed E-state index contributed by atoms with van der Waals surface area (Å²) in [5, 5.41) is 0. The zero-order valence-corrected chi connectivity index (χ0v) is 11.4. The van der Waals surface area contributed by atoms with Gasteiger partial charge in [-0.15, -0.1) is 0 Å². The topological polar surface area (TPSA) is 29.5 Å². The van der Waals surface area contributed by atoms with E-state index in [1.165, 1.54) is 18.9 Å². The van der Waals surface area contributed by atoms with Crippen molar-refractivity contribution in [2.45, 2.75) is 57.3 Å². The quantitative estimate of drug-likeness (QED) is 0.782. The molecular weight excluding hydrogens is 238 g/mol. The molecule has 2 fully saturated rings. The molecule has 0 aliphatic carbocycles. The van der Waals surface area contributed by atoms with Crippen molar-refractivity contribution in [1.29, 1.82) is 0 Å². The molecule has 3 atom stereocenters. The number of benzene rings is 1. The van der Waals surface area contributed by atoms with E-state index in [0.717, 1.165) is 25.8 Å². The van der Waals surface area contributed by atoms with E-state index < -0.39 is 0 Å². The Morgan fingerprint density at radius 1 is 1.21 bits per heavy atom. The zero-order valence-electron chi connectivity index (χ0n) is 11.4. The molecule has 19 heavy (non-hydrogen) atoms. The second-order valence-corrected chi connectivity index (χ2v) is 5.68. The first kappa shape index (κ1) is 12.7. The van der Waals surface area contributed by atoms with Crippen LogP contribution in [0.3, 0.4) is 0 Å². The van der Waals surface area contributed by atoms with Gasteiger partial charge in [-0.05, 0) is 31.2 Å². The number of carbonyl (C=O) groups excluding carboxylic acids is 1. The Kier molecular flexibility index (Phi) is 3.56. The summed E-state index contributed by atoms with van der Waals surface area (Å²) in [6, 6.07) is 11.7. The van der Waals surface area contributed by atoms with Crippen LogP contribution in [-0.2, 0) is 16.1 Å². The standard InChI is InChI=1S/C16H21NO2/c1-12(18)19-16-10-8-14-7-9-15(16)17(14)11-13-5-3-2-4-6-13/h2-6,14-16H,7-11H2,1H3/t14-,15+,16+/m0/s1. The summed E-state index contributed by atoms with van der Waals surface area (Å²) in [5.74, 6) is -0.144. The van der Waals surface area contributed by atoms with Gasteiger partial charge in [0, 0.05) is 25.6 Å². The molecule has 2 aliphatic heterocycles. The number of ether oxygens (including phenoxy) is 1. The highest BCUT2D eigenvalue weighted by atomic mass is 16.5. The van der Waals surface area contributed by atoms with Crippen molar-refractivity contribution in [3.63, 3.8) is 0 Å². The Morgan fingerprint density at radius 3 is 2.68 bits per heavy atom. The molecule has 0 N–H and O–H groups in total. The van der Waals surface area contributed by atoms with Gasteiger partial charge >= 0.3 is 5.97 Å². The highest BCUT2D eigenvalue weighted by Gasteiger charge is 2.43. The van der Waals surface area contributed by atoms with Crippen molar-refractivity contribution in [3.05, 3.63) is 35.9 Å². The third kappa shape index (κ3) is 2.66. The maximum Gasteiger partial charge on any atom is 0.302 e. The van der Waals surface area contributed by atoms with Gasteiger partial charge in [0.05, 0.1) is 0 Å². The third-order valence-electron chi connectivity index (χ3n) is 4.43. The Labute approximate surface area is 114 Å². The lowest BCUT2D eigenvalue weighted by molar-refractivity contribution is -0.152. The minimum atomic E-state index is -0.144. The molecule has 0 radical (unpaired) electrons. The fourth-order valence-corrected chi connectivity index (χ4v) is 3.62. The molecule has 2 heterocycles. The average Bonchev–Trinajstić information content (AvgIpc) is 2.66. The molecule has 1 aromatic rings. The van der Waals surface area contributed by atoms with Crippen LogP contribution in [0.15, 0.2) is 30.3 Å². The largest absolute Gasteiger partial charge is 0.461 e. The lowest BCUT2D eigenvalue weighted by Crippen LogP contribution is -2.48. The molecule has 0 unspecified atom stereocenters. The molecule has 2 aliphatic rings. The van der Waals surface area contributed by atoms with Gasteiger partial charge in [-0.25, -0.2) is 0 Å². The van der Waals surface area contributed by atoms with E-state index in [1.807, 2.05) is 0 Å². The van der Waals surface area contributed by atoms with Gasteiger partial charge in [0.2, 0.25) is 0 Å². The first-order valence-corrected chi connectivity index (χ1v) is 7.21. The van der Waals surface area contributed by atoms with Gasteiger partial charge in [-0.1, -0.05) is 30.3 Å². The van der Waals surface area contributed by atoms with Crippen molar-refractivity contribution >= 4 is 5.97 Å². The van der Waals surface area contributed by atoms with Gasteiger partial charge in [0.25, 0.3) is 0 Å². The van der Waals surface area contributed by atoms with Crippen LogP contribution in [0.5, 0.6) is 0 Å². The number of rotatable bonds is 3. The van der Waals surface area contributed by atoms with Crippen LogP contribution in [0.4, 0.5) is 0 Å². The zero-order chi connectivity index (χ0) is 13.2. The molecule has 3 rings (SSSR count). The van der Waals surface area contributed by atoms with Gasteiger partial charge in [-0.3, -0.25) is 9.69 Å². The number of hydrogen-bond donors (Lipinski definition) is 0. The smallest absolute Gasteiger partial charge is 0.302 e. The second kappa shape index (κ2) is 5.33. The summed E-state index contributed by atoms with van der Waals surface area (Å²) in [4.78, 5) is 13.8. The van der Waals surface area contributed by atoms with Gasteiger partial charge < -0.3 is 4.74 Å². The minimum absolute atomic E-state index is 0.0972. The maximum atomic E-state index is 11.2. The maximum absolute atomic E-state index is 11.2. The summed E-state index contributed by atoms with van der Waals surface area (Å²) in [6.45, 7) is 2.50. The number of carbonyl (C=O) groups is 1. The van der Waals surface area contributed by atoms with E-state index in [-0.39, 0.29) is 12.1 Å². The van der Waals surface area contributed by atoms with E-state index in [2.05, 4.69) is 35.2 Å². The van der Waals surface area contributed by atoms with E-state index in [9.17, 15) is 4.79 Å². The van der Waals surface area contributed by atoms with E-state index in [4.69, 9.17) is 4.74 Å². The number of piperidine rings is 1. The molecule has 3 heteroatoms. The summed E-state index contributed by atoms with van der Waals surface area (Å²) in [6.07, 6.45) is 4.69. The van der Waals surface area contributed by atoms with Gasteiger partial charge in [0.1, 0.15) is 6.10 Å². The molecule has 3 nitrogen and oxygen atoms in total. The van der Waals surface area contributed by atoms with E-state index in [1.54, 1.807) is 0 Å². The summed E-state index contributed by atoms with van der Waals surface area (Å²) in [5.41, 5.74) is 1.35. The number of hydrogen-bond acceptors (Lipinski definition) is 3. The SMILES string of the molecule is CC(=O)O[C@@H]1CC[C@@H]2CC[C@H]1N2Cc1ccccc1. The van der Waals surface area contributed by atoms with Crippen molar-refractivity contribution in [3.8, 4) is 0 Å². The first-order valence-electron chi connectivity index (χ1n) is 7.21. The molecule has 0 aromatic heterocycles. The van der Waals surface area contributed by atoms with Crippen molar-refractivity contribution in [2.24, 2.45) is 0 Å². The molecule has 2 bridgehead atoms. The number of nitrogens with zero attached hydrogens (tertiary/aromatic N) is 1. The Bertz CT molecular complexity index is 445.